The number of methoxy groups -OCH3 is 1. The van der Waals surface area contributed by atoms with Crippen LogP contribution < -0.4 is 9.47 Å². The summed E-state index contributed by atoms with van der Waals surface area (Å²) >= 11 is 1.54. The second-order valence-electron chi connectivity index (χ2n) is 7.09. The molecule has 0 radical (unpaired) electrons. The zero-order chi connectivity index (χ0) is 21.0. The van der Waals surface area contributed by atoms with Crippen LogP contribution in [0.5, 0.6) is 11.5 Å². The van der Waals surface area contributed by atoms with E-state index >= 15 is 0 Å². The molecular weight excluding hydrogens is 384 g/mol. The molecule has 29 heavy (non-hydrogen) atoms. The van der Waals surface area contributed by atoms with Gasteiger partial charge in [-0.15, -0.1) is 11.3 Å². The second kappa shape index (κ2) is 9.09. The predicted octanol–water partition coefficient (Wildman–Crippen LogP) is 4.93. The fraction of sp³-hybridized carbons (Fsp3) is 0.304. The maximum atomic E-state index is 12.7. The Morgan fingerprint density at radius 2 is 1.90 bits per heavy atom. The third-order valence-electron chi connectivity index (χ3n) is 4.80. The van der Waals surface area contributed by atoms with Gasteiger partial charge in [0, 0.05) is 12.4 Å². The highest BCUT2D eigenvalue weighted by Gasteiger charge is 2.17. The lowest BCUT2D eigenvalue weighted by atomic mass is 10.1. The fourth-order valence-corrected chi connectivity index (χ4v) is 3.82. The van der Waals surface area contributed by atoms with Gasteiger partial charge >= 0.3 is 0 Å². The van der Waals surface area contributed by atoms with Crippen molar-refractivity contribution < 1.29 is 14.3 Å². The second-order valence-corrected chi connectivity index (χ2v) is 8.03. The maximum absolute atomic E-state index is 12.7. The Hall–Kier alpha value is -2.86. The lowest BCUT2D eigenvalue weighted by Crippen LogP contribution is -2.26. The average Bonchev–Trinajstić information content (AvgIpc) is 3.16. The number of nitrogens with zero attached hydrogens (tertiary/aromatic N) is 2. The van der Waals surface area contributed by atoms with Crippen LogP contribution in [0.25, 0.3) is 0 Å². The summed E-state index contributed by atoms with van der Waals surface area (Å²) < 4.78 is 11.3. The number of aryl methyl sites for hydroxylation is 2. The van der Waals surface area contributed by atoms with E-state index < -0.39 is 0 Å². The molecule has 0 aliphatic heterocycles. The molecule has 0 N–H and O–H groups in total. The molecular formula is C23H26N2O3S. The van der Waals surface area contributed by atoms with Crippen LogP contribution in [-0.2, 0) is 13.2 Å². The van der Waals surface area contributed by atoms with Gasteiger partial charge in [-0.25, -0.2) is 4.98 Å². The Morgan fingerprint density at radius 3 is 2.66 bits per heavy atom. The molecule has 0 atom stereocenters. The van der Waals surface area contributed by atoms with Crippen LogP contribution in [-0.4, -0.2) is 29.9 Å². The first-order valence-corrected chi connectivity index (χ1v) is 10.3. The van der Waals surface area contributed by atoms with Gasteiger partial charge in [0.1, 0.15) is 23.1 Å². The lowest BCUT2D eigenvalue weighted by molar-refractivity contribution is 0.0780. The summed E-state index contributed by atoms with van der Waals surface area (Å²) in [5, 5.41) is 2.86. The van der Waals surface area contributed by atoms with Crippen LogP contribution in [0, 0.1) is 20.8 Å². The number of aromatic nitrogens is 1. The number of hydrogen-bond acceptors (Lipinski definition) is 5. The van der Waals surface area contributed by atoms with Crippen molar-refractivity contribution in [3.63, 3.8) is 0 Å². The topological polar surface area (TPSA) is 51.7 Å². The van der Waals surface area contributed by atoms with Crippen molar-refractivity contribution in [1.82, 2.24) is 9.88 Å². The van der Waals surface area contributed by atoms with Crippen LogP contribution in [0.3, 0.4) is 0 Å². The molecule has 0 spiro atoms. The quantitative estimate of drug-likeness (QED) is 0.554. The van der Waals surface area contributed by atoms with E-state index in [0.717, 1.165) is 22.0 Å². The number of carbonyl (C=O) groups is 1. The van der Waals surface area contributed by atoms with E-state index in [2.05, 4.69) is 37.9 Å². The van der Waals surface area contributed by atoms with Gasteiger partial charge in [-0.1, -0.05) is 18.2 Å². The summed E-state index contributed by atoms with van der Waals surface area (Å²) in [5.41, 5.74) is 4.93. The molecule has 1 heterocycles. The summed E-state index contributed by atoms with van der Waals surface area (Å²) in [5.74, 6) is 1.36. The Bertz CT molecular complexity index is 1010. The molecule has 0 unspecified atom stereocenters. The van der Waals surface area contributed by atoms with Gasteiger partial charge in [0.15, 0.2) is 0 Å². The smallest absolute Gasteiger partial charge is 0.257 e. The lowest BCUT2D eigenvalue weighted by Gasteiger charge is -2.17. The van der Waals surface area contributed by atoms with E-state index in [4.69, 9.17) is 9.47 Å². The Balaban J connectivity index is 1.64. The molecule has 3 aromatic rings. The molecule has 1 amide bonds. The molecule has 0 aliphatic carbocycles. The first-order chi connectivity index (χ1) is 13.9. The van der Waals surface area contributed by atoms with Crippen molar-refractivity contribution in [3.8, 4) is 11.5 Å². The normalized spacial score (nSPS) is 10.7. The van der Waals surface area contributed by atoms with E-state index in [-0.39, 0.29) is 5.91 Å². The minimum atomic E-state index is -0.0980. The fourth-order valence-electron chi connectivity index (χ4n) is 3.12. The standard InChI is InChI=1S/C23H26N2O3S/c1-15-10-16(2)17(3)21(11-15)28-13-22-24-18(14-29-22)12-25(4)23(26)19-8-6-7-9-20(19)27-5/h6-11,14H,12-13H2,1-5H3. The average molecular weight is 411 g/mol. The highest BCUT2D eigenvalue weighted by Crippen LogP contribution is 2.25. The van der Waals surface area contributed by atoms with Crippen LogP contribution in [0.15, 0.2) is 41.8 Å². The van der Waals surface area contributed by atoms with Gasteiger partial charge in [-0.05, 0) is 55.7 Å². The van der Waals surface area contributed by atoms with Gasteiger partial charge < -0.3 is 14.4 Å². The molecule has 0 saturated carbocycles. The number of benzene rings is 2. The minimum absolute atomic E-state index is 0.0980. The Morgan fingerprint density at radius 1 is 1.14 bits per heavy atom. The van der Waals surface area contributed by atoms with E-state index in [1.807, 2.05) is 17.5 Å². The SMILES string of the molecule is COc1ccccc1C(=O)N(C)Cc1csc(COc2cc(C)cc(C)c2C)n1. The van der Waals surface area contributed by atoms with E-state index in [9.17, 15) is 4.79 Å². The first kappa shape index (κ1) is 20.9. The zero-order valence-corrected chi connectivity index (χ0v) is 18.3. The number of thiazole rings is 1. The van der Waals surface area contributed by atoms with Crippen molar-refractivity contribution in [2.45, 2.75) is 33.9 Å². The van der Waals surface area contributed by atoms with Crippen molar-refractivity contribution in [2.75, 3.05) is 14.2 Å². The molecule has 0 bridgehead atoms. The molecule has 0 aliphatic rings. The highest BCUT2D eigenvalue weighted by atomic mass is 32.1. The van der Waals surface area contributed by atoms with Gasteiger partial charge in [0.25, 0.3) is 5.91 Å². The van der Waals surface area contributed by atoms with Crippen LogP contribution >= 0.6 is 11.3 Å². The van der Waals surface area contributed by atoms with Crippen molar-refractivity contribution in [3.05, 3.63) is 74.7 Å². The third kappa shape index (κ3) is 4.95. The summed E-state index contributed by atoms with van der Waals surface area (Å²) in [7, 11) is 3.33. The van der Waals surface area contributed by atoms with Crippen molar-refractivity contribution in [2.24, 2.45) is 0 Å². The third-order valence-corrected chi connectivity index (χ3v) is 5.67. The van der Waals surface area contributed by atoms with Gasteiger partial charge in [0.05, 0.1) is 24.9 Å². The number of hydrogen-bond donors (Lipinski definition) is 0. The van der Waals surface area contributed by atoms with Crippen molar-refractivity contribution in [1.29, 1.82) is 0 Å². The highest BCUT2D eigenvalue weighted by molar-refractivity contribution is 7.09. The first-order valence-electron chi connectivity index (χ1n) is 9.41. The molecule has 0 saturated heterocycles. The summed E-state index contributed by atoms with van der Waals surface area (Å²) in [6.45, 7) is 7.06. The van der Waals surface area contributed by atoms with Gasteiger partial charge in [-0.2, -0.15) is 0 Å². The summed E-state index contributed by atoms with van der Waals surface area (Å²) in [4.78, 5) is 19.0. The van der Waals surface area contributed by atoms with Crippen LogP contribution in [0.1, 0.15) is 37.7 Å². The molecule has 152 valence electrons. The van der Waals surface area contributed by atoms with E-state index in [0.29, 0.717) is 24.5 Å². The summed E-state index contributed by atoms with van der Waals surface area (Å²) in [6.07, 6.45) is 0. The maximum Gasteiger partial charge on any atom is 0.257 e. The zero-order valence-electron chi connectivity index (χ0n) is 17.5. The molecule has 5 nitrogen and oxygen atoms in total. The predicted molar refractivity (Wildman–Crippen MR) is 116 cm³/mol. The van der Waals surface area contributed by atoms with Crippen molar-refractivity contribution >= 4 is 17.2 Å². The van der Waals surface area contributed by atoms with E-state index in [1.54, 1.807) is 42.5 Å². The van der Waals surface area contributed by atoms with Gasteiger partial charge in [-0.3, -0.25) is 4.79 Å². The molecule has 0 fully saturated rings. The molecule has 1 aromatic heterocycles. The van der Waals surface area contributed by atoms with E-state index in [1.165, 1.54) is 11.1 Å². The van der Waals surface area contributed by atoms with Crippen LogP contribution in [0.4, 0.5) is 0 Å². The monoisotopic (exact) mass is 410 g/mol. The summed E-state index contributed by atoms with van der Waals surface area (Å²) in [6, 6.07) is 11.4. The van der Waals surface area contributed by atoms with Gasteiger partial charge in [0.2, 0.25) is 0 Å². The molecule has 2 aromatic carbocycles. The number of amides is 1. The minimum Gasteiger partial charge on any atom is -0.496 e. The number of rotatable bonds is 7. The number of para-hydroxylation sites is 1. The van der Waals surface area contributed by atoms with Crippen LogP contribution in [0.2, 0.25) is 0 Å². The Labute approximate surface area is 175 Å². The number of ether oxygens (including phenoxy) is 2. The Kier molecular flexibility index (Phi) is 6.54. The number of carbonyl (C=O) groups excluding carboxylic acids is 1. The molecule has 6 heteroatoms. The molecule has 3 rings (SSSR count). The largest absolute Gasteiger partial charge is 0.496 e.